The van der Waals surface area contributed by atoms with Crippen LogP contribution in [0.5, 0.6) is 5.75 Å². The standard InChI is InChI=1S/C23H28Cl2N2O/c1-26-13-15-27(16-14-26)12-4-5-17-28-23-7-3-2-6-20(23)10-8-19-9-11-21(24)22(25)18-19/h2-3,6-11,18H,4-5,12-17H2,1H3. The van der Waals surface area contributed by atoms with Crippen LogP contribution in [0.25, 0.3) is 12.2 Å². The van der Waals surface area contributed by atoms with E-state index in [1.807, 2.05) is 42.5 Å². The van der Waals surface area contributed by atoms with Crippen LogP contribution in [0.1, 0.15) is 24.0 Å². The van der Waals surface area contributed by atoms with E-state index in [1.165, 1.54) is 32.6 Å². The maximum absolute atomic E-state index is 6.09. The first-order chi connectivity index (χ1) is 13.6. The Bertz CT molecular complexity index is 786. The van der Waals surface area contributed by atoms with Crippen LogP contribution in [0.3, 0.4) is 0 Å². The van der Waals surface area contributed by atoms with E-state index in [9.17, 15) is 0 Å². The highest BCUT2D eigenvalue weighted by Crippen LogP contribution is 2.25. The third-order valence-corrected chi connectivity index (χ3v) is 5.78. The first kappa shape index (κ1) is 21.2. The molecule has 5 heteroatoms. The molecule has 0 aromatic heterocycles. The molecule has 0 unspecified atom stereocenters. The number of para-hydroxylation sites is 1. The molecule has 1 heterocycles. The predicted octanol–water partition coefficient (Wildman–Crippen LogP) is 5.57. The largest absolute Gasteiger partial charge is 0.493 e. The average Bonchev–Trinajstić information content (AvgIpc) is 2.71. The van der Waals surface area contributed by atoms with Gasteiger partial charge < -0.3 is 14.5 Å². The second kappa shape index (κ2) is 10.9. The minimum Gasteiger partial charge on any atom is -0.493 e. The van der Waals surface area contributed by atoms with Gasteiger partial charge in [-0.2, -0.15) is 0 Å². The van der Waals surface area contributed by atoms with Gasteiger partial charge in [-0.1, -0.05) is 59.6 Å². The number of unbranched alkanes of at least 4 members (excludes halogenated alkanes) is 1. The summed E-state index contributed by atoms with van der Waals surface area (Å²) in [7, 11) is 2.19. The third kappa shape index (κ3) is 6.52. The Hall–Kier alpha value is -1.52. The fraction of sp³-hybridized carbons (Fsp3) is 0.391. The zero-order valence-corrected chi connectivity index (χ0v) is 17.9. The number of ether oxygens (including phenoxy) is 1. The van der Waals surface area contributed by atoms with E-state index in [2.05, 4.69) is 29.0 Å². The maximum Gasteiger partial charge on any atom is 0.126 e. The predicted molar refractivity (Wildman–Crippen MR) is 120 cm³/mol. The SMILES string of the molecule is CN1CCN(CCCCOc2ccccc2C=Cc2ccc(Cl)c(Cl)c2)CC1. The molecule has 2 aromatic carbocycles. The second-order valence-electron chi connectivity index (χ2n) is 7.25. The minimum atomic E-state index is 0.564. The molecule has 2 aromatic rings. The molecule has 0 bridgehead atoms. The molecule has 0 spiro atoms. The highest BCUT2D eigenvalue weighted by Gasteiger charge is 2.12. The first-order valence-corrected chi connectivity index (χ1v) is 10.6. The van der Waals surface area contributed by atoms with Gasteiger partial charge in [-0.15, -0.1) is 0 Å². The lowest BCUT2D eigenvalue weighted by molar-refractivity contribution is 0.150. The highest BCUT2D eigenvalue weighted by molar-refractivity contribution is 6.42. The molecule has 1 fully saturated rings. The van der Waals surface area contributed by atoms with Crippen molar-refractivity contribution in [3.05, 3.63) is 63.6 Å². The van der Waals surface area contributed by atoms with Crippen LogP contribution in [-0.2, 0) is 0 Å². The van der Waals surface area contributed by atoms with Crippen molar-refractivity contribution in [2.24, 2.45) is 0 Å². The normalized spacial score (nSPS) is 16.0. The molecule has 0 saturated carbocycles. The Labute approximate surface area is 178 Å². The molecular weight excluding hydrogens is 391 g/mol. The van der Waals surface area contributed by atoms with Crippen LogP contribution in [0.4, 0.5) is 0 Å². The molecule has 3 nitrogen and oxygen atoms in total. The molecule has 28 heavy (non-hydrogen) atoms. The number of nitrogens with zero attached hydrogens (tertiary/aromatic N) is 2. The highest BCUT2D eigenvalue weighted by atomic mass is 35.5. The van der Waals surface area contributed by atoms with Crippen molar-refractivity contribution in [2.45, 2.75) is 12.8 Å². The zero-order valence-electron chi connectivity index (χ0n) is 16.4. The lowest BCUT2D eigenvalue weighted by atomic mass is 10.1. The van der Waals surface area contributed by atoms with Crippen molar-refractivity contribution in [3.63, 3.8) is 0 Å². The van der Waals surface area contributed by atoms with Gasteiger partial charge in [0.05, 0.1) is 16.7 Å². The fourth-order valence-electron chi connectivity index (χ4n) is 3.24. The van der Waals surface area contributed by atoms with E-state index < -0.39 is 0 Å². The van der Waals surface area contributed by atoms with Gasteiger partial charge in [0.2, 0.25) is 0 Å². The van der Waals surface area contributed by atoms with Crippen molar-refractivity contribution in [1.29, 1.82) is 0 Å². The summed E-state index contributed by atoms with van der Waals surface area (Å²) >= 11 is 12.1. The Morgan fingerprint density at radius 2 is 1.71 bits per heavy atom. The van der Waals surface area contributed by atoms with Gasteiger partial charge in [-0.05, 0) is 50.2 Å². The van der Waals surface area contributed by atoms with E-state index in [0.717, 1.165) is 36.4 Å². The molecule has 3 rings (SSSR count). The van der Waals surface area contributed by atoms with Gasteiger partial charge >= 0.3 is 0 Å². The molecule has 150 valence electrons. The lowest BCUT2D eigenvalue weighted by Crippen LogP contribution is -2.44. The summed E-state index contributed by atoms with van der Waals surface area (Å²) < 4.78 is 6.05. The second-order valence-corrected chi connectivity index (χ2v) is 8.06. The smallest absolute Gasteiger partial charge is 0.126 e. The van der Waals surface area contributed by atoms with Gasteiger partial charge in [-0.3, -0.25) is 0 Å². The number of piperazine rings is 1. The van der Waals surface area contributed by atoms with Gasteiger partial charge in [-0.25, -0.2) is 0 Å². The maximum atomic E-state index is 6.09. The Morgan fingerprint density at radius 3 is 2.50 bits per heavy atom. The number of benzene rings is 2. The van der Waals surface area contributed by atoms with Crippen molar-refractivity contribution >= 4 is 35.4 Å². The van der Waals surface area contributed by atoms with Crippen LogP contribution in [0, 0.1) is 0 Å². The summed E-state index contributed by atoms with van der Waals surface area (Å²) in [6, 6.07) is 13.7. The van der Waals surface area contributed by atoms with Crippen LogP contribution in [-0.4, -0.2) is 56.2 Å². The van der Waals surface area contributed by atoms with Crippen molar-refractivity contribution in [1.82, 2.24) is 9.80 Å². The van der Waals surface area contributed by atoms with Crippen LogP contribution in [0.2, 0.25) is 10.0 Å². The van der Waals surface area contributed by atoms with Gasteiger partial charge in [0.1, 0.15) is 5.75 Å². The number of rotatable bonds is 8. The molecule has 1 saturated heterocycles. The van der Waals surface area contributed by atoms with Crippen LogP contribution in [0.15, 0.2) is 42.5 Å². The third-order valence-electron chi connectivity index (χ3n) is 5.04. The summed E-state index contributed by atoms with van der Waals surface area (Å²) in [6.07, 6.45) is 6.32. The van der Waals surface area contributed by atoms with E-state index in [-0.39, 0.29) is 0 Å². The van der Waals surface area contributed by atoms with E-state index in [4.69, 9.17) is 27.9 Å². The van der Waals surface area contributed by atoms with Crippen molar-refractivity contribution in [2.75, 3.05) is 46.4 Å². The summed E-state index contributed by atoms with van der Waals surface area (Å²) in [6.45, 7) is 6.62. The molecule has 0 aliphatic carbocycles. The summed E-state index contributed by atoms with van der Waals surface area (Å²) in [5, 5.41) is 1.13. The molecule has 0 amide bonds. The molecule has 1 aliphatic rings. The fourth-order valence-corrected chi connectivity index (χ4v) is 3.55. The number of hydrogen-bond acceptors (Lipinski definition) is 3. The van der Waals surface area contributed by atoms with E-state index >= 15 is 0 Å². The Balaban J connectivity index is 1.47. The molecule has 0 atom stereocenters. The molecule has 0 radical (unpaired) electrons. The van der Waals surface area contributed by atoms with Crippen molar-refractivity contribution in [3.8, 4) is 5.75 Å². The number of hydrogen-bond donors (Lipinski definition) is 0. The molecule has 0 N–H and O–H groups in total. The van der Waals surface area contributed by atoms with E-state index in [1.54, 1.807) is 0 Å². The minimum absolute atomic E-state index is 0.564. The lowest BCUT2D eigenvalue weighted by Gasteiger charge is -2.32. The summed E-state index contributed by atoms with van der Waals surface area (Å²) in [4.78, 5) is 4.94. The van der Waals surface area contributed by atoms with Crippen LogP contribution >= 0.6 is 23.2 Å². The molecular formula is C23H28Cl2N2O. The summed E-state index contributed by atoms with van der Waals surface area (Å²) in [5.74, 6) is 0.915. The average molecular weight is 419 g/mol. The zero-order chi connectivity index (χ0) is 19.8. The van der Waals surface area contributed by atoms with Gasteiger partial charge in [0.25, 0.3) is 0 Å². The van der Waals surface area contributed by atoms with Crippen molar-refractivity contribution < 1.29 is 4.74 Å². The Morgan fingerprint density at radius 1 is 0.929 bits per heavy atom. The summed E-state index contributed by atoms with van der Waals surface area (Å²) in [5.41, 5.74) is 2.07. The van der Waals surface area contributed by atoms with Gasteiger partial charge in [0, 0.05) is 31.7 Å². The quantitative estimate of drug-likeness (QED) is 0.411. The van der Waals surface area contributed by atoms with E-state index in [0.29, 0.717) is 10.0 Å². The van der Waals surface area contributed by atoms with Crippen LogP contribution < -0.4 is 4.74 Å². The Kier molecular flexibility index (Phi) is 8.23. The number of likely N-dealkylation sites (N-methyl/N-ethyl adjacent to an activating group) is 1. The first-order valence-electron chi connectivity index (χ1n) is 9.88. The topological polar surface area (TPSA) is 15.7 Å². The monoisotopic (exact) mass is 418 g/mol. The van der Waals surface area contributed by atoms with Gasteiger partial charge in [0.15, 0.2) is 0 Å². The molecule has 1 aliphatic heterocycles. The number of halogens is 2.